The first-order valence-corrected chi connectivity index (χ1v) is 7.56. The Labute approximate surface area is 121 Å². The maximum atomic E-state index is 13.1. The number of nitrogens with zero attached hydrogens (tertiary/aromatic N) is 2. The van der Waals surface area contributed by atoms with Gasteiger partial charge in [0.1, 0.15) is 11.0 Å². The van der Waals surface area contributed by atoms with E-state index in [-0.39, 0.29) is 5.82 Å². The predicted octanol–water partition coefficient (Wildman–Crippen LogP) is 4.45. The fraction of sp³-hybridized carbons (Fsp3) is 0.167. The van der Waals surface area contributed by atoms with Gasteiger partial charge in [-0.3, -0.25) is 0 Å². The van der Waals surface area contributed by atoms with Crippen molar-refractivity contribution < 1.29 is 4.39 Å². The lowest BCUT2D eigenvalue weighted by Crippen LogP contribution is -1.98. The number of thioether (sulfide) groups is 1. The van der Waals surface area contributed by atoms with Crippen LogP contribution < -0.4 is 0 Å². The molecule has 0 N–H and O–H groups in total. The van der Waals surface area contributed by atoms with E-state index in [9.17, 15) is 4.39 Å². The van der Waals surface area contributed by atoms with E-state index >= 15 is 0 Å². The van der Waals surface area contributed by atoms with Gasteiger partial charge in [0.2, 0.25) is 0 Å². The lowest BCUT2D eigenvalue weighted by Gasteiger charge is -2.07. The average molecular weight is 346 g/mol. The lowest BCUT2D eigenvalue weighted by molar-refractivity contribution is 0.627. The topological polar surface area (TPSA) is 25.8 Å². The third-order valence-corrected chi connectivity index (χ3v) is 4.64. The highest BCUT2D eigenvalue weighted by molar-refractivity contribution is 9.10. The van der Waals surface area contributed by atoms with Crippen LogP contribution in [0.25, 0.3) is 11.4 Å². The van der Waals surface area contributed by atoms with Crippen LogP contribution >= 0.6 is 39.3 Å². The summed E-state index contributed by atoms with van der Waals surface area (Å²) in [5.41, 5.74) is 2.74. The van der Waals surface area contributed by atoms with Crippen LogP contribution in [0.1, 0.15) is 11.3 Å². The van der Waals surface area contributed by atoms with Gasteiger partial charge in [-0.05, 0) is 34.1 Å². The second-order valence-electron chi connectivity index (χ2n) is 3.88. The van der Waals surface area contributed by atoms with Crippen molar-refractivity contribution in [3.8, 4) is 11.4 Å². The minimum absolute atomic E-state index is 0.298. The van der Waals surface area contributed by atoms with Crippen LogP contribution in [0.5, 0.6) is 0 Å². The Balaban J connectivity index is 2.15. The molecule has 0 saturated heterocycles. The van der Waals surface area contributed by atoms with Crippen LogP contribution in [0.3, 0.4) is 0 Å². The van der Waals surface area contributed by atoms with Gasteiger partial charge in [0.05, 0.1) is 5.69 Å². The van der Waals surface area contributed by atoms with E-state index in [1.54, 1.807) is 17.8 Å². The molecule has 1 aromatic carbocycles. The van der Waals surface area contributed by atoms with E-state index in [2.05, 4.69) is 25.9 Å². The number of hydrogen-bond acceptors (Lipinski definition) is 3. The predicted molar refractivity (Wildman–Crippen MR) is 75.1 cm³/mol. The van der Waals surface area contributed by atoms with Crippen LogP contribution in [0, 0.1) is 5.82 Å². The van der Waals surface area contributed by atoms with Crippen molar-refractivity contribution in [2.45, 2.75) is 11.5 Å². The molecule has 1 aliphatic rings. The van der Waals surface area contributed by atoms with Crippen molar-refractivity contribution in [2.24, 2.45) is 0 Å². The van der Waals surface area contributed by atoms with Crippen molar-refractivity contribution in [3.63, 3.8) is 0 Å². The van der Waals surface area contributed by atoms with Crippen LogP contribution in [0.2, 0.25) is 5.15 Å². The number of rotatable bonds is 1. The van der Waals surface area contributed by atoms with Crippen molar-refractivity contribution >= 4 is 39.3 Å². The summed E-state index contributed by atoms with van der Waals surface area (Å²) in [6.45, 7) is 0. The van der Waals surface area contributed by atoms with Gasteiger partial charge >= 0.3 is 0 Å². The van der Waals surface area contributed by atoms with Gasteiger partial charge in [-0.2, -0.15) is 11.8 Å². The Bertz CT molecular complexity index is 636. The van der Waals surface area contributed by atoms with E-state index < -0.39 is 0 Å². The molecule has 2 nitrogen and oxygen atoms in total. The quantitative estimate of drug-likeness (QED) is 0.714. The molecule has 0 amide bonds. The number of benzene rings is 1. The minimum Gasteiger partial charge on any atom is -0.232 e. The summed E-state index contributed by atoms with van der Waals surface area (Å²) in [4.78, 5) is 8.80. The van der Waals surface area contributed by atoms with E-state index in [1.165, 1.54) is 12.1 Å². The second-order valence-corrected chi connectivity index (χ2v) is 6.08. The molecule has 2 aromatic rings. The Kier molecular flexibility index (Phi) is 3.30. The highest BCUT2D eigenvalue weighted by Gasteiger charge is 2.20. The summed E-state index contributed by atoms with van der Waals surface area (Å²) < 4.78 is 13.7. The van der Waals surface area contributed by atoms with Gasteiger partial charge in [-0.1, -0.05) is 11.6 Å². The number of hydrogen-bond donors (Lipinski definition) is 0. The lowest BCUT2D eigenvalue weighted by atomic mass is 10.2. The third kappa shape index (κ3) is 2.15. The van der Waals surface area contributed by atoms with Crippen molar-refractivity contribution in [1.82, 2.24) is 9.97 Å². The standard InChI is InChI=1S/C12H7BrClFN2S/c13-9-3-6(15)1-2-7(9)12-16-10-5-18-4-8(10)11(14)17-12/h1-3H,4-5H2. The normalized spacial score (nSPS) is 13.7. The summed E-state index contributed by atoms with van der Waals surface area (Å²) in [5.74, 6) is 1.95. The number of halogens is 3. The van der Waals surface area contributed by atoms with Crippen molar-refractivity contribution in [1.29, 1.82) is 0 Å². The molecule has 0 spiro atoms. The molecular formula is C12H7BrClFN2S. The van der Waals surface area contributed by atoms with Gasteiger partial charge in [0.25, 0.3) is 0 Å². The molecule has 1 aliphatic heterocycles. The average Bonchev–Trinajstić information content (AvgIpc) is 2.77. The maximum Gasteiger partial charge on any atom is 0.162 e. The fourth-order valence-corrected chi connectivity index (χ4v) is 3.71. The molecule has 6 heteroatoms. The van der Waals surface area contributed by atoms with Gasteiger partial charge in [0, 0.05) is 27.1 Å². The Morgan fingerprint density at radius 3 is 2.89 bits per heavy atom. The van der Waals surface area contributed by atoms with Gasteiger partial charge in [-0.25, -0.2) is 14.4 Å². The largest absolute Gasteiger partial charge is 0.232 e. The molecule has 2 heterocycles. The Morgan fingerprint density at radius 1 is 1.28 bits per heavy atom. The van der Waals surface area contributed by atoms with E-state index in [0.29, 0.717) is 15.5 Å². The second kappa shape index (κ2) is 4.79. The van der Waals surface area contributed by atoms with Crippen LogP contribution in [-0.2, 0) is 11.5 Å². The molecule has 0 unspecified atom stereocenters. The smallest absolute Gasteiger partial charge is 0.162 e. The van der Waals surface area contributed by atoms with Crippen LogP contribution in [0.15, 0.2) is 22.7 Å². The summed E-state index contributed by atoms with van der Waals surface area (Å²) in [7, 11) is 0. The summed E-state index contributed by atoms with van der Waals surface area (Å²) in [5, 5.41) is 0.497. The summed E-state index contributed by atoms with van der Waals surface area (Å²) in [6, 6.07) is 4.44. The zero-order chi connectivity index (χ0) is 12.7. The molecular weight excluding hydrogens is 339 g/mol. The maximum absolute atomic E-state index is 13.1. The molecule has 1 aromatic heterocycles. The summed E-state index contributed by atoms with van der Waals surface area (Å²) >= 11 is 11.2. The Morgan fingerprint density at radius 2 is 2.11 bits per heavy atom. The van der Waals surface area contributed by atoms with Crippen LogP contribution in [0.4, 0.5) is 4.39 Å². The first kappa shape index (κ1) is 12.4. The zero-order valence-electron chi connectivity index (χ0n) is 9.08. The van der Waals surface area contributed by atoms with E-state index in [4.69, 9.17) is 11.6 Å². The van der Waals surface area contributed by atoms with Crippen molar-refractivity contribution in [3.05, 3.63) is 44.9 Å². The van der Waals surface area contributed by atoms with E-state index in [0.717, 1.165) is 28.3 Å². The molecule has 3 rings (SSSR count). The number of aromatic nitrogens is 2. The highest BCUT2D eigenvalue weighted by atomic mass is 79.9. The van der Waals surface area contributed by atoms with E-state index in [1.807, 2.05) is 0 Å². The van der Waals surface area contributed by atoms with Gasteiger partial charge < -0.3 is 0 Å². The molecule has 0 radical (unpaired) electrons. The molecule has 0 bridgehead atoms. The first-order valence-electron chi connectivity index (χ1n) is 5.23. The number of fused-ring (bicyclic) bond motifs is 1. The Hall–Kier alpha value is -0.650. The molecule has 0 saturated carbocycles. The molecule has 0 atom stereocenters. The summed E-state index contributed by atoms with van der Waals surface area (Å²) in [6.07, 6.45) is 0. The first-order chi connectivity index (χ1) is 8.65. The molecule has 92 valence electrons. The van der Waals surface area contributed by atoms with Crippen molar-refractivity contribution in [2.75, 3.05) is 0 Å². The van der Waals surface area contributed by atoms with Gasteiger partial charge in [-0.15, -0.1) is 0 Å². The third-order valence-electron chi connectivity index (χ3n) is 2.70. The van der Waals surface area contributed by atoms with Crippen LogP contribution in [-0.4, -0.2) is 9.97 Å². The highest BCUT2D eigenvalue weighted by Crippen LogP contribution is 2.35. The minimum atomic E-state index is -0.298. The SMILES string of the molecule is Fc1ccc(-c2nc(Cl)c3c(n2)CSC3)c(Br)c1. The van der Waals surface area contributed by atoms with Gasteiger partial charge in [0.15, 0.2) is 5.82 Å². The fourth-order valence-electron chi connectivity index (χ4n) is 1.80. The molecule has 18 heavy (non-hydrogen) atoms. The zero-order valence-corrected chi connectivity index (χ0v) is 12.2. The monoisotopic (exact) mass is 344 g/mol. The molecule has 0 fully saturated rings. The molecule has 0 aliphatic carbocycles.